The van der Waals surface area contributed by atoms with Crippen molar-refractivity contribution in [1.82, 2.24) is 16.0 Å². The number of rotatable bonds is 10. The number of hydrogen-bond acceptors (Lipinski definition) is 6. The maximum Gasteiger partial charge on any atom is 0.408 e. The van der Waals surface area contributed by atoms with Gasteiger partial charge in [0.1, 0.15) is 24.8 Å². The van der Waals surface area contributed by atoms with Crippen LogP contribution >= 0.6 is 0 Å². The normalized spacial score (nSPS) is 11.7. The second-order valence-electron chi connectivity index (χ2n) is 7.56. The number of carbonyl (C=O) groups excluding carboxylic acids is 4. The third-order valence-corrected chi connectivity index (χ3v) is 3.69. The molecule has 0 saturated heterocycles. The highest BCUT2D eigenvalue weighted by atomic mass is 16.6. The minimum Gasteiger partial charge on any atom is -0.460 e. The summed E-state index contributed by atoms with van der Waals surface area (Å²) >= 11 is 0. The molecule has 3 N–H and O–H groups in total. The average Bonchev–Trinajstić information content (AvgIpc) is 2.67. The van der Waals surface area contributed by atoms with Crippen molar-refractivity contribution in [3.8, 4) is 0 Å². The van der Waals surface area contributed by atoms with Crippen LogP contribution in [0.3, 0.4) is 0 Å². The molecule has 166 valence electrons. The highest BCUT2D eigenvalue weighted by Crippen LogP contribution is 2.08. The first-order chi connectivity index (χ1) is 14.1. The first kappa shape index (κ1) is 24.9. The predicted molar refractivity (Wildman–Crippen MR) is 110 cm³/mol. The van der Waals surface area contributed by atoms with Crippen LogP contribution in [-0.2, 0) is 30.5 Å². The van der Waals surface area contributed by atoms with Gasteiger partial charge in [-0.3, -0.25) is 14.4 Å². The van der Waals surface area contributed by atoms with Gasteiger partial charge in [-0.15, -0.1) is 0 Å². The maximum atomic E-state index is 12.5. The molecule has 0 fully saturated rings. The van der Waals surface area contributed by atoms with Crippen molar-refractivity contribution in [1.29, 1.82) is 0 Å². The van der Waals surface area contributed by atoms with Gasteiger partial charge in [-0.25, -0.2) is 4.79 Å². The van der Waals surface area contributed by atoms with Crippen LogP contribution in [0.5, 0.6) is 0 Å². The molecule has 1 aromatic carbocycles. The van der Waals surface area contributed by atoms with E-state index >= 15 is 0 Å². The van der Waals surface area contributed by atoms with E-state index in [0.717, 1.165) is 5.56 Å². The van der Waals surface area contributed by atoms with Gasteiger partial charge in [0, 0.05) is 13.0 Å². The second-order valence-corrected chi connectivity index (χ2v) is 7.56. The molecule has 0 bridgehead atoms. The number of hydrogen-bond donors (Lipinski definition) is 3. The van der Waals surface area contributed by atoms with E-state index in [-0.39, 0.29) is 31.9 Å². The molecule has 0 aliphatic carbocycles. The van der Waals surface area contributed by atoms with Crippen molar-refractivity contribution < 1.29 is 28.7 Å². The zero-order valence-electron chi connectivity index (χ0n) is 17.9. The van der Waals surface area contributed by atoms with E-state index in [1.165, 1.54) is 0 Å². The molecule has 30 heavy (non-hydrogen) atoms. The molecule has 3 amide bonds. The van der Waals surface area contributed by atoms with Gasteiger partial charge in [0.2, 0.25) is 11.8 Å². The zero-order valence-corrected chi connectivity index (χ0v) is 17.9. The number of alkyl carbamates (subject to hydrolysis) is 1. The molecular formula is C21H31N3O6. The van der Waals surface area contributed by atoms with Crippen molar-refractivity contribution in [3.63, 3.8) is 0 Å². The van der Waals surface area contributed by atoms with Crippen LogP contribution in [0, 0.1) is 0 Å². The van der Waals surface area contributed by atoms with Crippen LogP contribution in [-0.4, -0.2) is 48.6 Å². The SMILES string of the molecule is CCNC(=O)CCC(NC(=O)OC(C)(C)C)C(=O)NCC(=O)OCc1ccccc1. The number of nitrogens with one attached hydrogen (secondary N) is 3. The molecular weight excluding hydrogens is 390 g/mol. The monoisotopic (exact) mass is 421 g/mol. The molecule has 0 aliphatic rings. The largest absolute Gasteiger partial charge is 0.460 e. The first-order valence-electron chi connectivity index (χ1n) is 9.84. The molecule has 9 nitrogen and oxygen atoms in total. The fourth-order valence-electron chi connectivity index (χ4n) is 2.35. The molecule has 0 heterocycles. The third-order valence-electron chi connectivity index (χ3n) is 3.69. The van der Waals surface area contributed by atoms with Crippen LogP contribution in [0.4, 0.5) is 4.79 Å². The Morgan fingerprint density at radius 1 is 1.03 bits per heavy atom. The van der Waals surface area contributed by atoms with Gasteiger partial charge in [0.15, 0.2) is 0 Å². The lowest BCUT2D eigenvalue weighted by Gasteiger charge is -2.23. The molecule has 1 atom stereocenters. The first-order valence-corrected chi connectivity index (χ1v) is 9.84. The van der Waals surface area contributed by atoms with Crippen molar-refractivity contribution in [2.45, 2.75) is 58.8 Å². The lowest BCUT2D eigenvalue weighted by atomic mass is 10.1. The summed E-state index contributed by atoms with van der Waals surface area (Å²) in [5.74, 6) is -1.47. The van der Waals surface area contributed by atoms with Crippen molar-refractivity contribution >= 4 is 23.9 Å². The van der Waals surface area contributed by atoms with Gasteiger partial charge in [0.05, 0.1) is 0 Å². The van der Waals surface area contributed by atoms with E-state index in [9.17, 15) is 19.2 Å². The van der Waals surface area contributed by atoms with Gasteiger partial charge in [-0.05, 0) is 39.7 Å². The molecule has 0 saturated carbocycles. The smallest absolute Gasteiger partial charge is 0.408 e. The second kappa shape index (κ2) is 12.5. The van der Waals surface area contributed by atoms with Gasteiger partial charge in [-0.2, -0.15) is 0 Å². The average molecular weight is 421 g/mol. The van der Waals surface area contributed by atoms with Crippen LogP contribution in [0.2, 0.25) is 0 Å². The number of amides is 3. The lowest BCUT2D eigenvalue weighted by Crippen LogP contribution is -2.49. The number of ether oxygens (including phenoxy) is 2. The summed E-state index contributed by atoms with van der Waals surface area (Å²) in [6.45, 7) is 7.05. The highest BCUT2D eigenvalue weighted by molar-refractivity contribution is 5.89. The summed E-state index contributed by atoms with van der Waals surface area (Å²) in [5.41, 5.74) is 0.0787. The Labute approximate surface area is 176 Å². The molecule has 0 aromatic heterocycles. The van der Waals surface area contributed by atoms with E-state index in [1.807, 2.05) is 30.3 Å². The molecule has 1 aromatic rings. The van der Waals surface area contributed by atoms with E-state index in [2.05, 4.69) is 16.0 Å². The fourth-order valence-corrected chi connectivity index (χ4v) is 2.35. The topological polar surface area (TPSA) is 123 Å². The van der Waals surface area contributed by atoms with E-state index in [1.54, 1.807) is 27.7 Å². The minimum atomic E-state index is -1.04. The van der Waals surface area contributed by atoms with E-state index < -0.39 is 29.6 Å². The Morgan fingerprint density at radius 2 is 1.70 bits per heavy atom. The van der Waals surface area contributed by atoms with Crippen LogP contribution in [0.25, 0.3) is 0 Å². The van der Waals surface area contributed by atoms with E-state index in [4.69, 9.17) is 9.47 Å². The van der Waals surface area contributed by atoms with Gasteiger partial charge in [-0.1, -0.05) is 30.3 Å². The summed E-state index contributed by atoms with van der Waals surface area (Å²) < 4.78 is 10.3. The minimum absolute atomic E-state index is 0.0280. The van der Waals surface area contributed by atoms with Gasteiger partial charge < -0.3 is 25.4 Å². The molecule has 9 heteroatoms. The number of carbonyl (C=O) groups is 4. The van der Waals surface area contributed by atoms with Crippen molar-refractivity contribution in [2.75, 3.05) is 13.1 Å². The quantitative estimate of drug-likeness (QED) is 0.494. The molecule has 0 spiro atoms. The maximum absolute atomic E-state index is 12.5. The third kappa shape index (κ3) is 11.0. The summed E-state index contributed by atoms with van der Waals surface area (Å²) in [6, 6.07) is 8.09. The molecule has 1 rings (SSSR count). The van der Waals surface area contributed by atoms with Crippen LogP contribution in [0.1, 0.15) is 46.1 Å². The Hall–Kier alpha value is -3.10. The molecule has 1 unspecified atom stereocenters. The van der Waals surface area contributed by atoms with Crippen LogP contribution < -0.4 is 16.0 Å². The fraction of sp³-hybridized carbons (Fsp3) is 0.524. The summed E-state index contributed by atoms with van der Waals surface area (Å²) in [7, 11) is 0. The lowest BCUT2D eigenvalue weighted by molar-refractivity contribution is -0.145. The molecule has 0 radical (unpaired) electrons. The summed E-state index contributed by atoms with van der Waals surface area (Å²) in [5, 5.41) is 7.50. The molecule has 0 aliphatic heterocycles. The standard InChI is InChI=1S/C21H31N3O6/c1-5-22-17(25)12-11-16(24-20(28)30-21(2,3)4)19(27)23-13-18(26)29-14-15-9-7-6-8-10-15/h6-10,16H,5,11-14H2,1-4H3,(H,22,25)(H,23,27)(H,24,28). The highest BCUT2D eigenvalue weighted by Gasteiger charge is 2.25. The zero-order chi connectivity index (χ0) is 22.6. The number of esters is 1. The Bertz CT molecular complexity index is 715. The van der Waals surface area contributed by atoms with Crippen molar-refractivity contribution in [3.05, 3.63) is 35.9 Å². The Morgan fingerprint density at radius 3 is 2.30 bits per heavy atom. The van der Waals surface area contributed by atoms with Gasteiger partial charge in [0.25, 0.3) is 0 Å². The summed E-state index contributed by atoms with van der Waals surface area (Å²) in [4.78, 5) is 48.1. The number of benzene rings is 1. The van der Waals surface area contributed by atoms with Gasteiger partial charge >= 0.3 is 12.1 Å². The Kier molecular flexibility index (Phi) is 10.4. The van der Waals surface area contributed by atoms with Crippen molar-refractivity contribution in [2.24, 2.45) is 0 Å². The predicted octanol–water partition coefficient (Wildman–Crippen LogP) is 1.66. The summed E-state index contributed by atoms with van der Waals surface area (Å²) in [6.07, 6.45) is -0.707. The van der Waals surface area contributed by atoms with Crippen LogP contribution in [0.15, 0.2) is 30.3 Å². The van der Waals surface area contributed by atoms with E-state index in [0.29, 0.717) is 6.54 Å². The Balaban J connectivity index is 2.58.